The minimum absolute atomic E-state index is 0.290. The highest BCUT2D eigenvalue weighted by Crippen LogP contribution is 2.42. The molecule has 6 N–H and O–H groups in total. The third kappa shape index (κ3) is 8.75. The topological polar surface area (TPSA) is 127 Å². The van der Waals surface area contributed by atoms with Crippen LogP contribution in [0.15, 0.2) is 24.3 Å². The maximum Gasteiger partial charge on any atom is 0.220 e. The van der Waals surface area contributed by atoms with Crippen molar-refractivity contribution in [3.8, 4) is 11.5 Å². The summed E-state index contributed by atoms with van der Waals surface area (Å²) in [4.78, 5) is 25.3. The fourth-order valence-electron chi connectivity index (χ4n) is 5.57. The molecule has 0 saturated carbocycles. The minimum atomic E-state index is -0.493. The standard InChI is InChI=1S/C36H56N2O4/c1-33(2,3)25-17-21(18-26(29(25)39)34(4,5)6)15-23(31(37)41)13-14-24(32(38)42)16-22-19-27(35(7,8)9)30(40)28(20-22)36(10,11)12/h17-20,23-24,39-40H,13-16H2,1-12H3,(H2,37,41)(H2,38,42). The molecule has 2 aromatic carbocycles. The van der Waals surface area contributed by atoms with Gasteiger partial charge in [-0.25, -0.2) is 0 Å². The number of benzene rings is 2. The van der Waals surface area contributed by atoms with Gasteiger partial charge in [-0.3, -0.25) is 9.59 Å². The molecular weight excluding hydrogens is 524 g/mol. The van der Waals surface area contributed by atoms with Gasteiger partial charge >= 0.3 is 0 Å². The Hall–Kier alpha value is -3.02. The molecule has 0 aliphatic carbocycles. The number of phenols is 2. The number of carbonyl (C=O) groups excluding carboxylic acids is 2. The molecule has 6 nitrogen and oxygen atoms in total. The van der Waals surface area contributed by atoms with Gasteiger partial charge in [0.05, 0.1) is 0 Å². The highest BCUT2D eigenvalue weighted by atomic mass is 16.3. The van der Waals surface area contributed by atoms with Gasteiger partial charge in [0.25, 0.3) is 0 Å². The van der Waals surface area contributed by atoms with Crippen LogP contribution in [0.4, 0.5) is 0 Å². The first-order valence-electron chi connectivity index (χ1n) is 15.2. The molecule has 0 aromatic heterocycles. The molecule has 0 bridgehead atoms. The van der Waals surface area contributed by atoms with Crippen molar-refractivity contribution in [2.45, 2.75) is 130 Å². The van der Waals surface area contributed by atoms with Crippen LogP contribution >= 0.6 is 0 Å². The van der Waals surface area contributed by atoms with Crippen LogP contribution in [0.3, 0.4) is 0 Å². The van der Waals surface area contributed by atoms with Gasteiger partial charge in [0, 0.05) is 11.8 Å². The van der Waals surface area contributed by atoms with Crippen LogP contribution in [0.1, 0.15) is 129 Å². The van der Waals surface area contributed by atoms with E-state index >= 15 is 0 Å². The summed E-state index contributed by atoms with van der Waals surface area (Å²) in [5, 5.41) is 22.2. The average Bonchev–Trinajstić information content (AvgIpc) is 2.79. The van der Waals surface area contributed by atoms with E-state index in [0.717, 1.165) is 33.4 Å². The minimum Gasteiger partial charge on any atom is -0.507 e. The molecule has 0 aliphatic heterocycles. The number of primary amides is 2. The van der Waals surface area contributed by atoms with E-state index < -0.39 is 23.7 Å². The number of nitrogens with two attached hydrogens (primary N) is 2. The molecule has 0 spiro atoms. The number of amides is 2. The van der Waals surface area contributed by atoms with Crippen molar-refractivity contribution in [1.29, 1.82) is 0 Å². The highest BCUT2D eigenvalue weighted by Gasteiger charge is 2.30. The van der Waals surface area contributed by atoms with Gasteiger partial charge in [-0.05, 0) is 80.7 Å². The van der Waals surface area contributed by atoms with Crippen LogP contribution in [0.2, 0.25) is 0 Å². The van der Waals surface area contributed by atoms with E-state index in [4.69, 9.17) is 11.5 Å². The van der Waals surface area contributed by atoms with Crippen molar-refractivity contribution in [2.75, 3.05) is 0 Å². The average molecular weight is 581 g/mol. The molecule has 2 rings (SSSR count). The van der Waals surface area contributed by atoms with Crippen LogP contribution in [0.5, 0.6) is 11.5 Å². The Morgan fingerprint density at radius 2 is 0.762 bits per heavy atom. The molecule has 0 radical (unpaired) electrons. The molecule has 234 valence electrons. The van der Waals surface area contributed by atoms with E-state index in [9.17, 15) is 19.8 Å². The maximum atomic E-state index is 12.7. The van der Waals surface area contributed by atoms with Crippen LogP contribution in [-0.4, -0.2) is 22.0 Å². The van der Waals surface area contributed by atoms with Crippen molar-refractivity contribution in [3.05, 3.63) is 57.6 Å². The summed E-state index contributed by atoms with van der Waals surface area (Å²) in [6.07, 6.45) is 1.65. The highest BCUT2D eigenvalue weighted by molar-refractivity contribution is 5.78. The zero-order valence-electron chi connectivity index (χ0n) is 28.2. The van der Waals surface area contributed by atoms with Crippen LogP contribution in [0.25, 0.3) is 0 Å². The molecule has 0 fully saturated rings. The zero-order chi connectivity index (χ0) is 32.6. The maximum absolute atomic E-state index is 12.7. The van der Waals surface area contributed by atoms with E-state index in [2.05, 4.69) is 83.1 Å². The number of hydrogen-bond donors (Lipinski definition) is 4. The van der Waals surface area contributed by atoms with E-state index in [-0.39, 0.29) is 21.7 Å². The number of rotatable bonds is 9. The number of carbonyl (C=O) groups is 2. The third-order valence-corrected chi connectivity index (χ3v) is 8.20. The van der Waals surface area contributed by atoms with Crippen molar-refractivity contribution in [3.63, 3.8) is 0 Å². The van der Waals surface area contributed by atoms with Gasteiger partial charge in [-0.2, -0.15) is 0 Å². The van der Waals surface area contributed by atoms with Crippen LogP contribution in [0, 0.1) is 11.8 Å². The molecule has 0 heterocycles. The lowest BCUT2D eigenvalue weighted by Gasteiger charge is -2.29. The summed E-state index contributed by atoms with van der Waals surface area (Å²) in [5.41, 5.74) is 15.8. The first-order chi connectivity index (χ1) is 18.8. The number of hydrogen-bond acceptors (Lipinski definition) is 4. The lowest BCUT2D eigenvalue weighted by molar-refractivity contribution is -0.124. The largest absolute Gasteiger partial charge is 0.507 e. The van der Waals surface area contributed by atoms with Gasteiger partial charge in [0.2, 0.25) is 11.8 Å². The Labute approximate surface area is 254 Å². The molecular formula is C36H56N2O4. The summed E-state index contributed by atoms with van der Waals surface area (Å²) >= 11 is 0. The summed E-state index contributed by atoms with van der Waals surface area (Å²) < 4.78 is 0. The first kappa shape index (κ1) is 35.2. The molecule has 2 atom stereocenters. The van der Waals surface area contributed by atoms with E-state index in [0.29, 0.717) is 37.2 Å². The Morgan fingerprint density at radius 1 is 0.548 bits per heavy atom. The van der Waals surface area contributed by atoms with E-state index in [1.807, 2.05) is 24.3 Å². The molecule has 0 saturated heterocycles. The van der Waals surface area contributed by atoms with Crippen molar-refractivity contribution >= 4 is 11.8 Å². The van der Waals surface area contributed by atoms with Gasteiger partial charge < -0.3 is 21.7 Å². The van der Waals surface area contributed by atoms with Crippen LogP contribution < -0.4 is 11.5 Å². The molecule has 2 aromatic rings. The van der Waals surface area contributed by atoms with Crippen molar-refractivity contribution in [2.24, 2.45) is 23.3 Å². The lowest BCUT2D eigenvalue weighted by atomic mass is 9.76. The quantitative estimate of drug-likeness (QED) is 0.253. The fraction of sp³-hybridized carbons (Fsp3) is 0.611. The monoisotopic (exact) mass is 580 g/mol. The van der Waals surface area contributed by atoms with Gasteiger partial charge in [-0.15, -0.1) is 0 Å². The molecule has 2 amide bonds. The Balaban J connectivity index is 2.42. The molecule has 6 heteroatoms. The first-order valence-corrected chi connectivity index (χ1v) is 15.2. The Bertz CT molecular complexity index is 1130. The third-order valence-electron chi connectivity index (χ3n) is 8.20. The zero-order valence-corrected chi connectivity index (χ0v) is 28.2. The van der Waals surface area contributed by atoms with Gasteiger partial charge in [-0.1, -0.05) is 107 Å². The summed E-state index contributed by atoms with van der Waals surface area (Å²) in [6.45, 7) is 24.7. The van der Waals surface area contributed by atoms with E-state index in [1.165, 1.54) is 0 Å². The SMILES string of the molecule is CC(C)(C)c1cc(CC(CCC(Cc2cc(C(C)(C)C)c(O)c(C(C)(C)C)c2)C(N)=O)C(N)=O)cc(C(C)(C)C)c1O. The van der Waals surface area contributed by atoms with Gasteiger partial charge in [0.1, 0.15) is 11.5 Å². The molecule has 2 unspecified atom stereocenters. The van der Waals surface area contributed by atoms with Crippen molar-refractivity contribution < 1.29 is 19.8 Å². The second-order valence-electron chi connectivity index (χ2n) is 16.3. The van der Waals surface area contributed by atoms with Gasteiger partial charge in [0.15, 0.2) is 0 Å². The predicted molar refractivity (Wildman–Crippen MR) is 173 cm³/mol. The van der Waals surface area contributed by atoms with E-state index in [1.54, 1.807) is 0 Å². The molecule has 0 aliphatic rings. The second kappa shape index (κ2) is 12.3. The number of phenolic OH excluding ortho intramolecular Hbond substituents is 2. The Morgan fingerprint density at radius 3 is 0.929 bits per heavy atom. The normalized spacial score (nSPS) is 14.5. The lowest BCUT2D eigenvalue weighted by Crippen LogP contribution is -2.30. The fourth-order valence-corrected chi connectivity index (χ4v) is 5.57. The summed E-state index contributed by atoms with van der Waals surface area (Å²) in [5.74, 6) is -1.24. The summed E-state index contributed by atoms with van der Waals surface area (Å²) in [6, 6.07) is 7.91. The van der Waals surface area contributed by atoms with Crippen molar-refractivity contribution in [1.82, 2.24) is 0 Å². The Kier molecular flexibility index (Phi) is 10.3. The van der Waals surface area contributed by atoms with Crippen LogP contribution in [-0.2, 0) is 44.1 Å². The predicted octanol–water partition coefficient (Wildman–Crippen LogP) is 7.06. The smallest absolute Gasteiger partial charge is 0.220 e. The second-order valence-corrected chi connectivity index (χ2v) is 16.3. The summed E-state index contributed by atoms with van der Waals surface area (Å²) in [7, 11) is 0. The molecule has 42 heavy (non-hydrogen) atoms. The number of aromatic hydroxyl groups is 2.